The predicted octanol–water partition coefficient (Wildman–Crippen LogP) is 3.93. The van der Waals surface area contributed by atoms with Crippen molar-refractivity contribution in [2.75, 3.05) is 0 Å². The zero-order chi connectivity index (χ0) is 16.1. The van der Waals surface area contributed by atoms with Gasteiger partial charge in [-0.05, 0) is 43.9 Å². The molecule has 0 spiro atoms. The lowest BCUT2D eigenvalue weighted by Crippen LogP contribution is -2.09. The quantitative estimate of drug-likeness (QED) is 0.783. The first-order chi connectivity index (χ1) is 10.3. The Hall–Kier alpha value is -2.18. The Bertz CT molecular complexity index is 705. The minimum absolute atomic E-state index is 0.127. The molecule has 0 bridgehead atoms. The average molecular weight is 315 g/mol. The fourth-order valence-corrected chi connectivity index (χ4v) is 2.88. The Morgan fingerprint density at radius 2 is 1.50 bits per heavy atom. The van der Waals surface area contributed by atoms with Crippen molar-refractivity contribution in [3.8, 4) is 17.4 Å². The van der Waals surface area contributed by atoms with Crippen LogP contribution in [-0.2, 0) is 19.0 Å². The molecule has 0 amide bonds. The molecular formula is C15H13F4NO2. The van der Waals surface area contributed by atoms with E-state index in [0.717, 1.165) is 23.5 Å². The van der Waals surface area contributed by atoms with E-state index in [4.69, 9.17) is 0 Å². The van der Waals surface area contributed by atoms with Gasteiger partial charge < -0.3 is 10.2 Å². The summed E-state index contributed by atoms with van der Waals surface area (Å²) >= 11 is 0. The third kappa shape index (κ3) is 2.20. The summed E-state index contributed by atoms with van der Waals surface area (Å²) in [6, 6.07) is 2.35. The number of hydrogen-bond acceptors (Lipinski definition) is 2. The average Bonchev–Trinajstić information content (AvgIpc) is 2.71. The van der Waals surface area contributed by atoms with Gasteiger partial charge in [-0.3, -0.25) is 4.57 Å². The van der Waals surface area contributed by atoms with Crippen molar-refractivity contribution in [1.82, 2.24) is 4.57 Å². The standard InChI is InChI=1S/C15H13F4NO2/c16-12-6-5-8(7-11(12)15(17,18)19)20-13(21)9-3-1-2-4-10(9)14(20)22/h5-7,21-22H,1-4H2. The van der Waals surface area contributed by atoms with Crippen LogP contribution in [-0.4, -0.2) is 14.8 Å². The number of rotatable bonds is 1. The van der Waals surface area contributed by atoms with Crippen LogP contribution in [0.2, 0.25) is 0 Å². The molecule has 2 N–H and O–H groups in total. The Kier molecular flexibility index (Phi) is 3.30. The van der Waals surface area contributed by atoms with Crippen molar-refractivity contribution in [3.05, 3.63) is 40.7 Å². The summed E-state index contributed by atoms with van der Waals surface area (Å²) in [5.41, 5.74) is -0.475. The molecule has 3 nitrogen and oxygen atoms in total. The number of nitrogens with zero attached hydrogens (tertiary/aromatic N) is 1. The topological polar surface area (TPSA) is 45.4 Å². The summed E-state index contributed by atoms with van der Waals surface area (Å²) < 4.78 is 52.7. The van der Waals surface area contributed by atoms with Crippen LogP contribution < -0.4 is 0 Å². The summed E-state index contributed by atoms with van der Waals surface area (Å²) in [5, 5.41) is 20.4. The van der Waals surface area contributed by atoms with Gasteiger partial charge >= 0.3 is 6.18 Å². The lowest BCUT2D eigenvalue weighted by molar-refractivity contribution is -0.140. The van der Waals surface area contributed by atoms with Gasteiger partial charge in [0, 0.05) is 11.1 Å². The molecule has 0 atom stereocenters. The van der Waals surface area contributed by atoms with E-state index >= 15 is 0 Å². The highest BCUT2D eigenvalue weighted by Gasteiger charge is 2.35. The molecule has 0 saturated heterocycles. The molecule has 1 aromatic heterocycles. The van der Waals surface area contributed by atoms with Gasteiger partial charge in [-0.15, -0.1) is 0 Å². The third-order valence-electron chi connectivity index (χ3n) is 3.94. The Morgan fingerprint density at radius 1 is 0.955 bits per heavy atom. The van der Waals surface area contributed by atoms with Gasteiger partial charge in [-0.25, -0.2) is 4.39 Å². The Morgan fingerprint density at radius 3 is 2.00 bits per heavy atom. The van der Waals surface area contributed by atoms with E-state index < -0.39 is 17.6 Å². The minimum atomic E-state index is -4.85. The van der Waals surface area contributed by atoms with Crippen LogP contribution in [0, 0.1) is 5.82 Å². The van der Waals surface area contributed by atoms with Gasteiger partial charge in [0.05, 0.1) is 11.3 Å². The number of benzene rings is 1. The maximum absolute atomic E-state index is 13.4. The number of fused-ring (bicyclic) bond motifs is 1. The van der Waals surface area contributed by atoms with E-state index in [2.05, 4.69) is 0 Å². The fraction of sp³-hybridized carbons (Fsp3) is 0.333. The molecule has 0 saturated carbocycles. The molecule has 1 aliphatic rings. The van der Waals surface area contributed by atoms with Crippen LogP contribution in [0.3, 0.4) is 0 Å². The molecule has 0 aliphatic heterocycles. The van der Waals surface area contributed by atoms with Gasteiger partial charge in [0.2, 0.25) is 11.8 Å². The third-order valence-corrected chi connectivity index (χ3v) is 3.94. The first-order valence-corrected chi connectivity index (χ1v) is 6.82. The summed E-state index contributed by atoms with van der Waals surface area (Å²) in [6.07, 6.45) is -2.08. The van der Waals surface area contributed by atoms with Crippen molar-refractivity contribution in [3.63, 3.8) is 0 Å². The molecule has 1 aromatic carbocycles. The molecule has 0 fully saturated rings. The molecule has 0 unspecified atom stereocenters. The molecule has 3 rings (SSSR count). The molecule has 1 heterocycles. The van der Waals surface area contributed by atoms with Crippen LogP contribution in [0.15, 0.2) is 18.2 Å². The number of aromatic hydroxyl groups is 2. The highest BCUT2D eigenvalue weighted by Crippen LogP contribution is 2.42. The summed E-state index contributed by atoms with van der Waals surface area (Å²) in [4.78, 5) is 0. The van der Waals surface area contributed by atoms with Gasteiger partial charge in [0.15, 0.2) is 0 Å². The first-order valence-electron chi connectivity index (χ1n) is 6.82. The maximum Gasteiger partial charge on any atom is 0.419 e. The zero-order valence-electron chi connectivity index (χ0n) is 11.4. The second kappa shape index (κ2) is 4.93. The van der Waals surface area contributed by atoms with Gasteiger partial charge in [-0.1, -0.05) is 0 Å². The molecule has 118 valence electrons. The molecule has 1 aliphatic carbocycles. The van der Waals surface area contributed by atoms with E-state index in [1.54, 1.807) is 0 Å². The van der Waals surface area contributed by atoms with Crippen molar-refractivity contribution in [2.24, 2.45) is 0 Å². The SMILES string of the molecule is Oc1c2c(c(O)n1-c1ccc(F)c(C(F)(F)F)c1)CCCC2. The van der Waals surface area contributed by atoms with Crippen LogP contribution in [0.1, 0.15) is 29.5 Å². The fourth-order valence-electron chi connectivity index (χ4n) is 2.88. The maximum atomic E-state index is 13.4. The van der Waals surface area contributed by atoms with Crippen LogP contribution in [0.4, 0.5) is 17.6 Å². The number of hydrogen-bond donors (Lipinski definition) is 2. The van der Waals surface area contributed by atoms with E-state index in [1.807, 2.05) is 0 Å². The summed E-state index contributed by atoms with van der Waals surface area (Å²) in [6.45, 7) is 0. The second-order valence-electron chi connectivity index (χ2n) is 5.31. The molecule has 2 aromatic rings. The molecule has 22 heavy (non-hydrogen) atoms. The number of alkyl halides is 3. The normalized spacial score (nSPS) is 14.9. The van der Waals surface area contributed by atoms with E-state index in [0.29, 0.717) is 36.1 Å². The molecule has 0 radical (unpaired) electrons. The molecular weight excluding hydrogens is 302 g/mol. The Labute approximate surface area is 123 Å². The monoisotopic (exact) mass is 315 g/mol. The Balaban J connectivity index is 2.19. The van der Waals surface area contributed by atoms with Crippen LogP contribution in [0.25, 0.3) is 5.69 Å². The van der Waals surface area contributed by atoms with Gasteiger partial charge in [0.1, 0.15) is 5.82 Å². The highest BCUT2D eigenvalue weighted by atomic mass is 19.4. The van der Waals surface area contributed by atoms with Crippen molar-refractivity contribution >= 4 is 0 Å². The smallest absolute Gasteiger partial charge is 0.419 e. The largest absolute Gasteiger partial charge is 0.494 e. The van der Waals surface area contributed by atoms with Crippen molar-refractivity contribution in [1.29, 1.82) is 0 Å². The summed E-state index contributed by atoms with van der Waals surface area (Å²) in [5.74, 6) is -1.97. The van der Waals surface area contributed by atoms with Crippen LogP contribution in [0.5, 0.6) is 11.8 Å². The number of aromatic nitrogens is 1. The summed E-state index contributed by atoms with van der Waals surface area (Å²) in [7, 11) is 0. The first kappa shape index (κ1) is 14.7. The molecule has 7 heteroatoms. The zero-order valence-corrected chi connectivity index (χ0v) is 11.4. The second-order valence-corrected chi connectivity index (χ2v) is 5.31. The minimum Gasteiger partial charge on any atom is -0.494 e. The van der Waals surface area contributed by atoms with E-state index in [9.17, 15) is 27.8 Å². The van der Waals surface area contributed by atoms with Gasteiger partial charge in [-0.2, -0.15) is 13.2 Å². The van der Waals surface area contributed by atoms with E-state index in [1.165, 1.54) is 0 Å². The van der Waals surface area contributed by atoms with Gasteiger partial charge in [0.25, 0.3) is 0 Å². The lowest BCUT2D eigenvalue weighted by atomic mass is 9.95. The van der Waals surface area contributed by atoms with Crippen molar-refractivity contribution < 1.29 is 27.8 Å². The van der Waals surface area contributed by atoms with Crippen molar-refractivity contribution in [2.45, 2.75) is 31.9 Å². The highest BCUT2D eigenvalue weighted by molar-refractivity contribution is 5.54. The lowest BCUT2D eigenvalue weighted by Gasteiger charge is -2.12. The number of halogens is 4. The van der Waals surface area contributed by atoms with E-state index in [-0.39, 0.29) is 17.4 Å². The van der Waals surface area contributed by atoms with Crippen LogP contribution >= 0.6 is 0 Å². The predicted molar refractivity (Wildman–Crippen MR) is 70.7 cm³/mol.